The van der Waals surface area contributed by atoms with Crippen LogP contribution in [0.2, 0.25) is 5.02 Å². The minimum Gasteiger partial charge on any atom is -0.330 e. The molecule has 0 fully saturated rings. The molecule has 0 saturated carbocycles. The lowest BCUT2D eigenvalue weighted by atomic mass is 10.2. The summed E-state index contributed by atoms with van der Waals surface area (Å²) in [6.45, 7) is 0.817. The van der Waals surface area contributed by atoms with Gasteiger partial charge >= 0.3 is 0 Å². The molecule has 0 radical (unpaired) electrons. The van der Waals surface area contributed by atoms with Gasteiger partial charge < -0.3 is 5.73 Å². The summed E-state index contributed by atoms with van der Waals surface area (Å²) in [7, 11) is -2.35. The van der Waals surface area contributed by atoms with Crippen molar-refractivity contribution in [3.63, 3.8) is 0 Å². The van der Waals surface area contributed by atoms with Crippen molar-refractivity contribution in [3.8, 4) is 0 Å². The molecule has 0 saturated heterocycles. The second-order valence-corrected chi connectivity index (χ2v) is 7.75. The number of rotatable bonds is 6. The van der Waals surface area contributed by atoms with E-state index in [0.29, 0.717) is 29.6 Å². The monoisotopic (exact) mass is 322 g/mol. The standard InChI is InChI=1S/C16H19ClN2OS/c17-16-8-6-15(7-9-16)13-21(20,11-10-18)19-12-14-4-2-1-3-5-14/h1-9H,10-13,18H2. The average molecular weight is 323 g/mol. The first kappa shape index (κ1) is 16.0. The third-order valence-electron chi connectivity index (χ3n) is 3.07. The molecule has 1 unspecified atom stereocenters. The molecule has 0 aliphatic heterocycles. The van der Waals surface area contributed by atoms with Crippen LogP contribution in [0, 0.1) is 0 Å². The number of hydrogen-bond acceptors (Lipinski definition) is 3. The Morgan fingerprint density at radius 2 is 1.67 bits per heavy atom. The zero-order valence-electron chi connectivity index (χ0n) is 11.7. The lowest BCUT2D eigenvalue weighted by Crippen LogP contribution is -2.17. The van der Waals surface area contributed by atoms with Crippen molar-refractivity contribution < 1.29 is 4.21 Å². The van der Waals surface area contributed by atoms with Crippen molar-refractivity contribution in [2.45, 2.75) is 12.3 Å². The number of nitrogens with two attached hydrogens (primary N) is 1. The van der Waals surface area contributed by atoms with Crippen LogP contribution in [0.4, 0.5) is 0 Å². The molecule has 0 aromatic heterocycles. The average Bonchev–Trinajstić information content (AvgIpc) is 2.49. The van der Waals surface area contributed by atoms with E-state index in [9.17, 15) is 4.21 Å². The van der Waals surface area contributed by atoms with Gasteiger partial charge in [-0.2, -0.15) is 0 Å². The van der Waals surface area contributed by atoms with Gasteiger partial charge in [-0.15, -0.1) is 0 Å². The van der Waals surface area contributed by atoms with Gasteiger partial charge in [0.2, 0.25) is 0 Å². The van der Waals surface area contributed by atoms with E-state index in [1.807, 2.05) is 42.5 Å². The van der Waals surface area contributed by atoms with Crippen LogP contribution in [0.5, 0.6) is 0 Å². The largest absolute Gasteiger partial charge is 0.330 e. The summed E-state index contributed by atoms with van der Waals surface area (Å²) in [5.41, 5.74) is 7.62. The van der Waals surface area contributed by atoms with Crippen LogP contribution in [0.25, 0.3) is 0 Å². The maximum atomic E-state index is 12.9. The van der Waals surface area contributed by atoms with Gasteiger partial charge in [-0.3, -0.25) is 0 Å². The van der Waals surface area contributed by atoms with E-state index < -0.39 is 9.73 Å². The molecule has 1 atom stereocenters. The van der Waals surface area contributed by atoms with Gasteiger partial charge in [0.1, 0.15) is 0 Å². The molecule has 0 aliphatic rings. The number of benzene rings is 2. The molecule has 2 rings (SSSR count). The Morgan fingerprint density at radius 3 is 2.29 bits per heavy atom. The van der Waals surface area contributed by atoms with Crippen LogP contribution in [-0.2, 0) is 22.0 Å². The van der Waals surface area contributed by atoms with E-state index >= 15 is 0 Å². The van der Waals surface area contributed by atoms with Crippen LogP contribution in [0.3, 0.4) is 0 Å². The predicted octanol–water partition coefficient (Wildman–Crippen LogP) is 3.47. The van der Waals surface area contributed by atoms with Crippen molar-refractivity contribution in [1.82, 2.24) is 0 Å². The maximum absolute atomic E-state index is 12.9. The van der Waals surface area contributed by atoms with E-state index in [1.165, 1.54) is 0 Å². The highest BCUT2D eigenvalue weighted by atomic mass is 35.5. The Morgan fingerprint density at radius 1 is 1.00 bits per heavy atom. The van der Waals surface area contributed by atoms with Crippen molar-refractivity contribution in [1.29, 1.82) is 0 Å². The van der Waals surface area contributed by atoms with E-state index in [-0.39, 0.29) is 0 Å². The van der Waals surface area contributed by atoms with Crippen LogP contribution < -0.4 is 5.73 Å². The smallest absolute Gasteiger partial charge is 0.0734 e. The zero-order valence-corrected chi connectivity index (χ0v) is 13.3. The van der Waals surface area contributed by atoms with Crippen molar-refractivity contribution >= 4 is 21.3 Å². The van der Waals surface area contributed by atoms with Crippen LogP contribution in [-0.4, -0.2) is 16.5 Å². The van der Waals surface area contributed by atoms with E-state index in [4.69, 9.17) is 17.3 Å². The number of halogens is 1. The molecule has 2 N–H and O–H groups in total. The lowest BCUT2D eigenvalue weighted by Gasteiger charge is -2.10. The van der Waals surface area contributed by atoms with Gasteiger partial charge in [-0.25, -0.2) is 8.57 Å². The molecule has 112 valence electrons. The van der Waals surface area contributed by atoms with Gasteiger partial charge in [-0.05, 0) is 23.3 Å². The first-order valence-electron chi connectivity index (χ1n) is 6.78. The van der Waals surface area contributed by atoms with Crippen LogP contribution in [0.1, 0.15) is 11.1 Å². The fraction of sp³-hybridized carbons (Fsp3) is 0.250. The van der Waals surface area contributed by atoms with E-state index in [2.05, 4.69) is 4.36 Å². The van der Waals surface area contributed by atoms with E-state index in [0.717, 1.165) is 11.1 Å². The van der Waals surface area contributed by atoms with Crippen molar-refractivity contribution in [2.75, 3.05) is 12.3 Å². The Bertz CT molecular complexity index is 677. The summed E-state index contributed by atoms with van der Waals surface area (Å²) < 4.78 is 17.4. The molecular formula is C16H19ClN2OS. The zero-order chi connectivity index (χ0) is 15.1. The summed E-state index contributed by atoms with van der Waals surface area (Å²) in [6.07, 6.45) is 0. The summed E-state index contributed by atoms with van der Waals surface area (Å²) in [5.74, 6) is 0.816. The summed E-state index contributed by atoms with van der Waals surface area (Å²) in [5, 5.41) is 0.672. The lowest BCUT2D eigenvalue weighted by molar-refractivity contribution is 0.673. The second-order valence-electron chi connectivity index (χ2n) is 4.81. The topological polar surface area (TPSA) is 55.5 Å². The van der Waals surface area contributed by atoms with Crippen LogP contribution >= 0.6 is 11.6 Å². The van der Waals surface area contributed by atoms with Gasteiger partial charge in [0, 0.05) is 17.3 Å². The molecule has 2 aromatic rings. The molecular weight excluding hydrogens is 304 g/mol. The molecule has 0 aliphatic carbocycles. The summed E-state index contributed by atoms with van der Waals surface area (Å²) in [4.78, 5) is 0. The quantitative estimate of drug-likeness (QED) is 0.885. The van der Waals surface area contributed by atoms with Crippen molar-refractivity contribution in [3.05, 3.63) is 70.7 Å². The Labute approximate surface area is 131 Å². The first-order valence-corrected chi connectivity index (χ1v) is 9.01. The Kier molecular flexibility index (Phi) is 5.79. The highest BCUT2D eigenvalue weighted by molar-refractivity contribution is 7.92. The van der Waals surface area contributed by atoms with Crippen molar-refractivity contribution in [2.24, 2.45) is 10.1 Å². The fourth-order valence-corrected chi connectivity index (χ4v) is 3.94. The minimum absolute atomic E-state index is 0.366. The third kappa shape index (κ3) is 5.16. The summed E-state index contributed by atoms with van der Waals surface area (Å²) >= 11 is 5.87. The van der Waals surface area contributed by atoms with Gasteiger partial charge in [0.15, 0.2) is 0 Å². The normalized spacial score (nSPS) is 13.6. The molecule has 3 nitrogen and oxygen atoms in total. The predicted molar refractivity (Wildman–Crippen MR) is 89.8 cm³/mol. The summed E-state index contributed by atoms with van der Waals surface area (Å²) in [6, 6.07) is 17.2. The molecule has 5 heteroatoms. The molecule has 21 heavy (non-hydrogen) atoms. The first-order chi connectivity index (χ1) is 10.1. The minimum atomic E-state index is -2.35. The molecule has 0 amide bonds. The van der Waals surface area contributed by atoms with Gasteiger partial charge in [0.05, 0.1) is 22.0 Å². The fourth-order valence-electron chi connectivity index (χ4n) is 1.98. The third-order valence-corrected chi connectivity index (χ3v) is 5.58. The van der Waals surface area contributed by atoms with E-state index in [1.54, 1.807) is 12.1 Å². The maximum Gasteiger partial charge on any atom is 0.0734 e. The van der Waals surface area contributed by atoms with Gasteiger partial charge in [0.25, 0.3) is 0 Å². The number of nitrogens with zero attached hydrogens (tertiary/aromatic N) is 1. The molecule has 0 spiro atoms. The number of hydrogen-bond donors (Lipinski definition) is 1. The Hall–Kier alpha value is -1.36. The van der Waals surface area contributed by atoms with Gasteiger partial charge in [-0.1, -0.05) is 54.1 Å². The highest BCUT2D eigenvalue weighted by Crippen LogP contribution is 2.14. The molecule has 0 bridgehead atoms. The highest BCUT2D eigenvalue weighted by Gasteiger charge is 2.09. The second kappa shape index (κ2) is 7.59. The Balaban J connectivity index is 2.19. The molecule has 2 aromatic carbocycles. The molecule has 0 heterocycles. The SMILES string of the molecule is NCCS(=O)(Cc1ccc(Cl)cc1)=NCc1ccccc1. The van der Waals surface area contributed by atoms with Crippen LogP contribution in [0.15, 0.2) is 59.0 Å².